The fourth-order valence-corrected chi connectivity index (χ4v) is 3.00. The summed E-state index contributed by atoms with van der Waals surface area (Å²) in [5, 5.41) is 11.9. The quantitative estimate of drug-likeness (QED) is 0.805. The number of carboxylic acid groups (broad SMARTS) is 1. The molecule has 0 saturated heterocycles. The van der Waals surface area contributed by atoms with Gasteiger partial charge in [0, 0.05) is 11.4 Å². The van der Waals surface area contributed by atoms with E-state index >= 15 is 0 Å². The second-order valence-corrected chi connectivity index (χ2v) is 6.50. The highest BCUT2D eigenvalue weighted by Crippen LogP contribution is 2.41. The molecule has 0 aromatic heterocycles. The number of nitrogens with one attached hydrogen (secondary N) is 1. The number of carboxylic acids is 1. The SMILES string of the molecule is CC(C)(C)c1cccc2c1NCC(C(=O)O)S2. The fraction of sp³-hybridized carbons (Fsp3) is 0.462. The molecule has 1 aliphatic heterocycles. The molecule has 2 rings (SSSR count). The normalized spacial score (nSPS) is 19.4. The zero-order valence-corrected chi connectivity index (χ0v) is 11.1. The van der Waals surface area contributed by atoms with E-state index in [0.717, 1.165) is 10.6 Å². The number of thioether (sulfide) groups is 1. The van der Waals surface area contributed by atoms with Crippen LogP contribution in [0.5, 0.6) is 0 Å². The van der Waals surface area contributed by atoms with E-state index in [2.05, 4.69) is 32.2 Å². The van der Waals surface area contributed by atoms with Crippen LogP contribution in [0, 0.1) is 0 Å². The van der Waals surface area contributed by atoms with Gasteiger partial charge in [-0.2, -0.15) is 0 Å². The summed E-state index contributed by atoms with van der Waals surface area (Å²) in [6.07, 6.45) is 0. The second-order valence-electron chi connectivity index (χ2n) is 5.25. The van der Waals surface area contributed by atoms with Crippen LogP contribution < -0.4 is 5.32 Å². The molecule has 0 amide bonds. The maximum absolute atomic E-state index is 11.0. The van der Waals surface area contributed by atoms with E-state index < -0.39 is 11.2 Å². The lowest BCUT2D eigenvalue weighted by molar-refractivity contribution is -0.136. The number of benzene rings is 1. The summed E-state index contributed by atoms with van der Waals surface area (Å²) in [6.45, 7) is 6.98. The minimum absolute atomic E-state index is 0.0644. The van der Waals surface area contributed by atoms with Crippen LogP contribution in [0.2, 0.25) is 0 Å². The Hall–Kier alpha value is -1.16. The molecule has 1 aromatic rings. The van der Waals surface area contributed by atoms with Gasteiger partial charge in [0.25, 0.3) is 0 Å². The standard InChI is InChI=1S/C13H17NO2S/c1-13(2,3)8-5-4-6-9-11(8)14-7-10(17-9)12(15)16/h4-6,10,14H,7H2,1-3H3,(H,15,16). The Morgan fingerprint density at radius 1 is 1.47 bits per heavy atom. The molecule has 2 N–H and O–H groups in total. The molecule has 0 spiro atoms. The van der Waals surface area contributed by atoms with Crippen LogP contribution in [-0.2, 0) is 10.2 Å². The van der Waals surface area contributed by atoms with Crippen molar-refractivity contribution in [3.63, 3.8) is 0 Å². The minimum Gasteiger partial charge on any atom is -0.480 e. The average molecular weight is 251 g/mol. The number of hydrogen-bond acceptors (Lipinski definition) is 3. The van der Waals surface area contributed by atoms with Gasteiger partial charge in [-0.1, -0.05) is 32.9 Å². The van der Waals surface area contributed by atoms with Crippen molar-refractivity contribution in [2.24, 2.45) is 0 Å². The second kappa shape index (κ2) is 4.26. The Labute approximate surface area is 106 Å². The molecule has 0 fully saturated rings. The van der Waals surface area contributed by atoms with Crippen LogP contribution in [0.15, 0.2) is 23.1 Å². The Kier molecular flexibility index (Phi) is 3.08. The van der Waals surface area contributed by atoms with Crippen molar-refractivity contribution in [2.45, 2.75) is 36.3 Å². The average Bonchev–Trinajstić information content (AvgIpc) is 2.26. The van der Waals surface area contributed by atoms with Crippen molar-refractivity contribution in [1.82, 2.24) is 0 Å². The van der Waals surface area contributed by atoms with Gasteiger partial charge >= 0.3 is 5.97 Å². The summed E-state index contributed by atoms with van der Waals surface area (Å²) in [6, 6.07) is 6.09. The van der Waals surface area contributed by atoms with Crippen molar-refractivity contribution in [1.29, 1.82) is 0 Å². The van der Waals surface area contributed by atoms with E-state index in [-0.39, 0.29) is 5.41 Å². The first-order valence-electron chi connectivity index (χ1n) is 5.66. The number of anilines is 1. The third-order valence-electron chi connectivity index (χ3n) is 2.84. The number of fused-ring (bicyclic) bond motifs is 1. The van der Waals surface area contributed by atoms with Crippen LogP contribution in [0.25, 0.3) is 0 Å². The van der Waals surface area contributed by atoms with E-state index in [9.17, 15) is 4.79 Å². The lowest BCUT2D eigenvalue weighted by Crippen LogP contribution is -2.30. The van der Waals surface area contributed by atoms with E-state index in [4.69, 9.17) is 5.11 Å². The molecule has 4 heteroatoms. The summed E-state index contributed by atoms with van der Waals surface area (Å²) in [4.78, 5) is 12.0. The Balaban J connectivity index is 2.39. The molecule has 0 aliphatic carbocycles. The Morgan fingerprint density at radius 3 is 2.76 bits per heavy atom. The molecule has 0 saturated carbocycles. The molecule has 1 aromatic carbocycles. The van der Waals surface area contributed by atoms with Crippen LogP contribution in [0.3, 0.4) is 0 Å². The molecule has 1 atom stereocenters. The number of carbonyl (C=O) groups is 1. The molecular weight excluding hydrogens is 234 g/mol. The zero-order chi connectivity index (χ0) is 12.6. The predicted octanol–water partition coefficient (Wildman–Crippen LogP) is 2.95. The molecule has 1 unspecified atom stereocenters. The maximum atomic E-state index is 11.0. The van der Waals surface area contributed by atoms with Crippen LogP contribution in [0.4, 0.5) is 5.69 Å². The van der Waals surface area contributed by atoms with Crippen molar-refractivity contribution in [3.8, 4) is 0 Å². The van der Waals surface area contributed by atoms with E-state index in [1.54, 1.807) is 0 Å². The Bertz CT molecular complexity index is 451. The van der Waals surface area contributed by atoms with Gasteiger partial charge in [0.1, 0.15) is 5.25 Å². The molecule has 3 nitrogen and oxygen atoms in total. The first-order chi connectivity index (χ1) is 7.89. The number of rotatable bonds is 1. The van der Waals surface area contributed by atoms with Gasteiger partial charge in [0.15, 0.2) is 0 Å². The van der Waals surface area contributed by atoms with Gasteiger partial charge in [-0.15, -0.1) is 11.8 Å². The Morgan fingerprint density at radius 2 is 2.18 bits per heavy atom. The molecule has 0 bridgehead atoms. The maximum Gasteiger partial charge on any atom is 0.318 e. The number of para-hydroxylation sites is 1. The molecular formula is C13H17NO2S. The van der Waals surface area contributed by atoms with Crippen LogP contribution in [-0.4, -0.2) is 22.9 Å². The molecule has 1 heterocycles. The third-order valence-corrected chi connectivity index (χ3v) is 4.09. The van der Waals surface area contributed by atoms with E-state index in [1.165, 1.54) is 17.3 Å². The summed E-state index contributed by atoms with van der Waals surface area (Å²) < 4.78 is 0. The van der Waals surface area contributed by atoms with Crippen LogP contribution in [0.1, 0.15) is 26.3 Å². The van der Waals surface area contributed by atoms with E-state index in [0.29, 0.717) is 6.54 Å². The molecule has 92 valence electrons. The van der Waals surface area contributed by atoms with Crippen molar-refractivity contribution < 1.29 is 9.90 Å². The smallest absolute Gasteiger partial charge is 0.318 e. The number of hydrogen-bond donors (Lipinski definition) is 2. The summed E-state index contributed by atoms with van der Waals surface area (Å²) in [7, 11) is 0. The summed E-state index contributed by atoms with van der Waals surface area (Å²) in [5.41, 5.74) is 2.41. The molecule has 0 radical (unpaired) electrons. The lowest BCUT2D eigenvalue weighted by Gasteiger charge is -2.30. The summed E-state index contributed by atoms with van der Waals surface area (Å²) >= 11 is 1.43. The lowest BCUT2D eigenvalue weighted by atomic mass is 9.85. The largest absolute Gasteiger partial charge is 0.480 e. The highest BCUT2D eigenvalue weighted by atomic mass is 32.2. The van der Waals surface area contributed by atoms with Gasteiger partial charge in [0.05, 0.1) is 5.69 Å². The predicted molar refractivity (Wildman–Crippen MR) is 70.9 cm³/mol. The topological polar surface area (TPSA) is 49.3 Å². The highest BCUT2D eigenvalue weighted by Gasteiger charge is 2.28. The van der Waals surface area contributed by atoms with Crippen molar-refractivity contribution in [3.05, 3.63) is 23.8 Å². The zero-order valence-electron chi connectivity index (χ0n) is 10.3. The third kappa shape index (κ3) is 2.41. The van der Waals surface area contributed by atoms with Gasteiger partial charge < -0.3 is 10.4 Å². The van der Waals surface area contributed by atoms with Crippen molar-refractivity contribution >= 4 is 23.4 Å². The van der Waals surface area contributed by atoms with Gasteiger partial charge in [-0.25, -0.2) is 0 Å². The molecule has 17 heavy (non-hydrogen) atoms. The first-order valence-corrected chi connectivity index (χ1v) is 6.54. The van der Waals surface area contributed by atoms with Crippen LogP contribution >= 0.6 is 11.8 Å². The monoisotopic (exact) mass is 251 g/mol. The minimum atomic E-state index is -0.755. The summed E-state index contributed by atoms with van der Waals surface area (Å²) in [5.74, 6) is -0.755. The highest BCUT2D eigenvalue weighted by molar-refractivity contribution is 8.00. The fourth-order valence-electron chi connectivity index (χ4n) is 1.96. The van der Waals surface area contributed by atoms with Gasteiger partial charge in [-0.3, -0.25) is 4.79 Å². The molecule has 1 aliphatic rings. The van der Waals surface area contributed by atoms with Gasteiger partial charge in [-0.05, 0) is 17.0 Å². The number of aliphatic carboxylic acids is 1. The van der Waals surface area contributed by atoms with E-state index in [1.807, 2.05) is 12.1 Å². The first kappa shape index (κ1) is 12.3. The van der Waals surface area contributed by atoms with Crippen molar-refractivity contribution in [2.75, 3.05) is 11.9 Å². The van der Waals surface area contributed by atoms with Gasteiger partial charge in [0.2, 0.25) is 0 Å².